The molecule has 0 radical (unpaired) electrons. The molecule has 1 saturated carbocycles. The lowest BCUT2D eigenvalue weighted by Gasteiger charge is -1.96. The van der Waals surface area contributed by atoms with Crippen LogP contribution in [0.15, 0.2) is 23.3 Å². The zero-order chi connectivity index (χ0) is 9.10. The fourth-order valence-corrected chi connectivity index (χ4v) is 1.19. The fraction of sp³-hybridized carbons (Fsp3) is 0.455. The Morgan fingerprint density at radius 2 is 2.46 bits per heavy atom. The second kappa shape index (κ2) is 3.69. The summed E-state index contributed by atoms with van der Waals surface area (Å²) in [5, 5.41) is 0. The second-order valence-corrected chi connectivity index (χ2v) is 3.44. The van der Waals surface area contributed by atoms with Crippen molar-refractivity contribution >= 4 is 6.21 Å². The fourth-order valence-electron chi connectivity index (χ4n) is 1.19. The third-order valence-electron chi connectivity index (χ3n) is 2.18. The predicted molar refractivity (Wildman–Crippen MR) is 54.2 cm³/mol. The quantitative estimate of drug-likeness (QED) is 0.645. The van der Waals surface area contributed by atoms with E-state index >= 15 is 0 Å². The van der Waals surface area contributed by atoms with Gasteiger partial charge in [0, 0.05) is 18.1 Å². The van der Waals surface area contributed by atoms with E-state index in [1.165, 1.54) is 18.4 Å². The van der Waals surface area contributed by atoms with E-state index in [-0.39, 0.29) is 0 Å². The Hall–Kier alpha value is -1.18. The highest BCUT2D eigenvalue weighted by Crippen LogP contribution is 2.23. The van der Waals surface area contributed by atoms with Gasteiger partial charge in [0.25, 0.3) is 0 Å². The van der Waals surface area contributed by atoms with Crippen LogP contribution in [0.4, 0.5) is 0 Å². The van der Waals surface area contributed by atoms with Crippen molar-refractivity contribution in [3.8, 4) is 0 Å². The Balaban J connectivity index is 2.09. The molecular weight excluding hydrogens is 160 g/mol. The molecule has 1 aromatic rings. The van der Waals surface area contributed by atoms with E-state index in [1.54, 1.807) is 0 Å². The van der Waals surface area contributed by atoms with Crippen LogP contribution in [0.1, 0.15) is 31.0 Å². The number of pyridine rings is 1. The van der Waals surface area contributed by atoms with Crippen LogP contribution in [0.3, 0.4) is 0 Å². The smallest absolute Gasteiger partial charge is 0.0501 e. The Bertz CT molecular complexity index is 314. The zero-order valence-electron chi connectivity index (χ0n) is 7.90. The van der Waals surface area contributed by atoms with Gasteiger partial charge in [0.2, 0.25) is 0 Å². The monoisotopic (exact) mass is 174 g/mol. The summed E-state index contributed by atoms with van der Waals surface area (Å²) in [6.07, 6.45) is 7.35. The van der Waals surface area contributed by atoms with Crippen LogP contribution in [-0.2, 0) is 6.42 Å². The first kappa shape index (κ1) is 8.42. The van der Waals surface area contributed by atoms with Crippen molar-refractivity contribution in [2.45, 2.75) is 32.2 Å². The number of hydrogen-bond acceptors (Lipinski definition) is 2. The number of nitrogens with zero attached hydrogens (tertiary/aromatic N) is 2. The molecule has 0 aliphatic heterocycles. The van der Waals surface area contributed by atoms with Crippen LogP contribution < -0.4 is 0 Å². The highest BCUT2D eigenvalue weighted by atomic mass is 14.8. The van der Waals surface area contributed by atoms with Gasteiger partial charge in [0.05, 0.1) is 6.04 Å². The highest BCUT2D eigenvalue weighted by Gasteiger charge is 2.18. The summed E-state index contributed by atoms with van der Waals surface area (Å²) < 4.78 is 0. The van der Waals surface area contributed by atoms with Crippen LogP contribution in [0, 0.1) is 0 Å². The molecule has 2 rings (SSSR count). The third-order valence-corrected chi connectivity index (χ3v) is 2.18. The van der Waals surface area contributed by atoms with Gasteiger partial charge in [-0.2, -0.15) is 0 Å². The molecule has 0 saturated heterocycles. The average Bonchev–Trinajstić information content (AvgIpc) is 2.99. The molecule has 1 aliphatic carbocycles. The molecule has 0 atom stereocenters. The minimum absolute atomic E-state index is 0.609. The topological polar surface area (TPSA) is 25.2 Å². The molecule has 0 amide bonds. The summed E-state index contributed by atoms with van der Waals surface area (Å²) in [5.74, 6) is 0. The van der Waals surface area contributed by atoms with Gasteiger partial charge in [0.15, 0.2) is 0 Å². The Kier molecular flexibility index (Phi) is 2.39. The number of aromatic nitrogens is 1. The second-order valence-electron chi connectivity index (χ2n) is 3.44. The van der Waals surface area contributed by atoms with Gasteiger partial charge in [-0.1, -0.05) is 6.92 Å². The minimum Gasteiger partial charge on any atom is -0.289 e. The minimum atomic E-state index is 0.609. The molecule has 2 nitrogen and oxygen atoms in total. The lowest BCUT2D eigenvalue weighted by atomic mass is 10.2. The van der Waals surface area contributed by atoms with Crippen LogP contribution in [-0.4, -0.2) is 17.2 Å². The molecule has 68 valence electrons. The standard InChI is InChI=1S/C11H14N2/c1-2-10-7-9(5-6-12-10)8-13-11-3-4-11/h5-8,11H,2-4H2,1H3. The molecule has 0 bridgehead atoms. The van der Waals surface area contributed by atoms with E-state index in [0.717, 1.165) is 12.1 Å². The van der Waals surface area contributed by atoms with Crippen LogP contribution in [0.25, 0.3) is 0 Å². The average molecular weight is 174 g/mol. The van der Waals surface area contributed by atoms with E-state index in [4.69, 9.17) is 0 Å². The van der Waals surface area contributed by atoms with Crippen LogP contribution in [0.5, 0.6) is 0 Å². The van der Waals surface area contributed by atoms with Gasteiger partial charge in [0.1, 0.15) is 0 Å². The summed E-state index contributed by atoms with van der Waals surface area (Å²) in [6, 6.07) is 4.72. The summed E-state index contributed by atoms with van der Waals surface area (Å²) in [6.45, 7) is 2.12. The summed E-state index contributed by atoms with van der Waals surface area (Å²) >= 11 is 0. The molecule has 0 N–H and O–H groups in total. The van der Waals surface area contributed by atoms with E-state index in [1.807, 2.05) is 18.5 Å². The maximum absolute atomic E-state index is 4.43. The first-order valence-corrected chi connectivity index (χ1v) is 4.86. The maximum Gasteiger partial charge on any atom is 0.0501 e. The predicted octanol–water partition coefficient (Wildman–Crippen LogP) is 2.23. The van der Waals surface area contributed by atoms with Gasteiger partial charge in [-0.25, -0.2) is 0 Å². The van der Waals surface area contributed by atoms with Crippen molar-refractivity contribution in [1.29, 1.82) is 0 Å². The molecule has 0 spiro atoms. The van der Waals surface area contributed by atoms with Gasteiger partial charge in [-0.05, 0) is 37.0 Å². The highest BCUT2D eigenvalue weighted by molar-refractivity contribution is 5.79. The molecule has 2 heteroatoms. The summed E-state index contributed by atoms with van der Waals surface area (Å²) in [7, 11) is 0. The van der Waals surface area contributed by atoms with Crippen molar-refractivity contribution < 1.29 is 0 Å². The largest absolute Gasteiger partial charge is 0.289 e. The van der Waals surface area contributed by atoms with Crippen molar-refractivity contribution in [2.75, 3.05) is 0 Å². The Morgan fingerprint density at radius 3 is 3.15 bits per heavy atom. The van der Waals surface area contributed by atoms with Gasteiger partial charge < -0.3 is 0 Å². The van der Waals surface area contributed by atoms with Gasteiger partial charge in [-0.3, -0.25) is 9.98 Å². The van der Waals surface area contributed by atoms with Crippen molar-refractivity contribution in [2.24, 2.45) is 4.99 Å². The molecule has 0 aromatic carbocycles. The van der Waals surface area contributed by atoms with Crippen molar-refractivity contribution in [3.05, 3.63) is 29.6 Å². The van der Waals surface area contributed by atoms with Crippen molar-refractivity contribution in [3.63, 3.8) is 0 Å². The molecule has 1 aromatic heterocycles. The Morgan fingerprint density at radius 1 is 1.62 bits per heavy atom. The number of aryl methyl sites for hydroxylation is 1. The number of hydrogen-bond donors (Lipinski definition) is 0. The van der Waals surface area contributed by atoms with Crippen molar-refractivity contribution in [1.82, 2.24) is 4.98 Å². The van der Waals surface area contributed by atoms with E-state index < -0.39 is 0 Å². The van der Waals surface area contributed by atoms with Gasteiger partial charge in [-0.15, -0.1) is 0 Å². The molecule has 1 heterocycles. The maximum atomic E-state index is 4.43. The van der Waals surface area contributed by atoms with E-state index in [9.17, 15) is 0 Å². The van der Waals surface area contributed by atoms with Crippen LogP contribution >= 0.6 is 0 Å². The first-order chi connectivity index (χ1) is 6.38. The molecule has 13 heavy (non-hydrogen) atoms. The summed E-state index contributed by atoms with van der Waals surface area (Å²) in [4.78, 5) is 8.67. The van der Waals surface area contributed by atoms with E-state index in [2.05, 4.69) is 23.0 Å². The lowest BCUT2D eigenvalue weighted by Crippen LogP contribution is -1.90. The summed E-state index contributed by atoms with van der Waals surface area (Å²) in [5.41, 5.74) is 2.32. The molecule has 1 aliphatic rings. The number of rotatable bonds is 3. The lowest BCUT2D eigenvalue weighted by molar-refractivity contribution is 1.03. The SMILES string of the molecule is CCc1cc(C=NC2CC2)ccn1. The first-order valence-electron chi connectivity index (χ1n) is 4.86. The normalized spacial score (nSPS) is 16.7. The number of aliphatic imine (C=N–C) groups is 1. The zero-order valence-corrected chi connectivity index (χ0v) is 7.90. The molecule has 1 fully saturated rings. The molecular formula is C11H14N2. The van der Waals surface area contributed by atoms with Crippen LogP contribution in [0.2, 0.25) is 0 Å². The molecule has 0 unspecified atom stereocenters. The third kappa shape index (κ3) is 2.38. The van der Waals surface area contributed by atoms with Gasteiger partial charge >= 0.3 is 0 Å². The van der Waals surface area contributed by atoms with E-state index in [0.29, 0.717) is 6.04 Å². The Labute approximate surface area is 78.7 Å².